The molecule has 1 aromatic carbocycles. The van der Waals surface area contributed by atoms with Crippen molar-refractivity contribution in [1.82, 2.24) is 0 Å². The molecular weight excluding hydrogens is 250 g/mol. The number of benzene rings is 1. The highest BCUT2D eigenvalue weighted by molar-refractivity contribution is 6.22. The zero-order valence-electron chi connectivity index (χ0n) is 9.65. The topological polar surface area (TPSA) is 42.2 Å². The van der Waals surface area contributed by atoms with Gasteiger partial charge in [-0.3, -0.25) is 4.79 Å². The van der Waals surface area contributed by atoms with Gasteiger partial charge in [0.2, 0.25) is 5.91 Å². The zero-order chi connectivity index (χ0) is 12.5. The average Bonchev–Trinajstić information content (AvgIpc) is 2.91. The highest BCUT2D eigenvalue weighted by Gasteiger charge is 2.18. The third kappa shape index (κ3) is 2.02. The van der Waals surface area contributed by atoms with Crippen LogP contribution >= 0.6 is 11.6 Å². The number of carbonyl (C=O) groups excluding carboxylic acids is 1. The number of carbonyl (C=O) groups is 1. The molecule has 1 atom stereocenters. The minimum Gasteiger partial charge on any atom is -0.472 e. The summed E-state index contributed by atoms with van der Waals surface area (Å²) in [4.78, 5) is 11.3. The quantitative estimate of drug-likeness (QED) is 0.841. The average molecular weight is 262 g/mol. The Hall–Kier alpha value is -1.74. The fraction of sp³-hybridized carbons (Fsp3) is 0.214. The van der Waals surface area contributed by atoms with E-state index < -0.39 is 0 Å². The number of furan rings is 1. The molecule has 92 valence electrons. The van der Waals surface area contributed by atoms with Crippen molar-refractivity contribution in [2.75, 3.05) is 5.32 Å². The first-order valence-electron chi connectivity index (χ1n) is 5.83. The van der Waals surface area contributed by atoms with Crippen LogP contribution in [0.25, 0.3) is 0 Å². The predicted molar refractivity (Wildman–Crippen MR) is 69.8 cm³/mol. The fourth-order valence-corrected chi connectivity index (χ4v) is 2.43. The Bertz CT molecular complexity index is 577. The van der Waals surface area contributed by atoms with Crippen LogP contribution in [0.15, 0.2) is 41.2 Å². The van der Waals surface area contributed by atoms with Gasteiger partial charge in [0.25, 0.3) is 0 Å². The van der Waals surface area contributed by atoms with Gasteiger partial charge < -0.3 is 9.73 Å². The van der Waals surface area contributed by atoms with Crippen molar-refractivity contribution in [3.63, 3.8) is 0 Å². The molecule has 3 rings (SSSR count). The molecule has 0 bridgehead atoms. The summed E-state index contributed by atoms with van der Waals surface area (Å²) in [7, 11) is 0. The molecule has 1 aliphatic heterocycles. The summed E-state index contributed by atoms with van der Waals surface area (Å²) in [6, 6.07) is 7.77. The lowest BCUT2D eigenvalue weighted by atomic mass is 9.98. The van der Waals surface area contributed by atoms with E-state index in [0.717, 1.165) is 28.8 Å². The van der Waals surface area contributed by atoms with Gasteiger partial charge in [-0.15, -0.1) is 11.6 Å². The van der Waals surface area contributed by atoms with Crippen molar-refractivity contribution in [2.24, 2.45) is 0 Å². The first kappa shape index (κ1) is 11.4. The van der Waals surface area contributed by atoms with Crippen LogP contribution in [0.5, 0.6) is 0 Å². The van der Waals surface area contributed by atoms with E-state index in [1.165, 1.54) is 0 Å². The van der Waals surface area contributed by atoms with Crippen LogP contribution in [0.2, 0.25) is 0 Å². The number of hydrogen-bond acceptors (Lipinski definition) is 2. The molecule has 0 saturated heterocycles. The van der Waals surface area contributed by atoms with Crippen LogP contribution in [0.4, 0.5) is 5.69 Å². The Kier molecular flexibility index (Phi) is 2.84. The molecule has 0 fully saturated rings. The summed E-state index contributed by atoms with van der Waals surface area (Å²) < 4.78 is 5.04. The van der Waals surface area contributed by atoms with Gasteiger partial charge in [0, 0.05) is 17.7 Å². The lowest BCUT2D eigenvalue weighted by Crippen LogP contribution is -2.19. The smallest absolute Gasteiger partial charge is 0.224 e. The van der Waals surface area contributed by atoms with E-state index in [2.05, 4.69) is 11.4 Å². The molecule has 1 N–H and O–H groups in total. The highest BCUT2D eigenvalue weighted by Crippen LogP contribution is 2.32. The lowest BCUT2D eigenvalue weighted by molar-refractivity contribution is -0.116. The second kappa shape index (κ2) is 4.50. The van der Waals surface area contributed by atoms with E-state index in [1.807, 2.05) is 18.2 Å². The molecule has 0 radical (unpaired) electrons. The monoisotopic (exact) mass is 261 g/mol. The van der Waals surface area contributed by atoms with Gasteiger partial charge >= 0.3 is 0 Å². The summed E-state index contributed by atoms with van der Waals surface area (Å²) >= 11 is 6.40. The maximum absolute atomic E-state index is 11.3. The van der Waals surface area contributed by atoms with Crippen LogP contribution in [-0.2, 0) is 11.2 Å². The molecule has 3 nitrogen and oxygen atoms in total. The van der Waals surface area contributed by atoms with Crippen molar-refractivity contribution in [2.45, 2.75) is 18.2 Å². The van der Waals surface area contributed by atoms with Crippen LogP contribution < -0.4 is 5.32 Å². The van der Waals surface area contributed by atoms with E-state index >= 15 is 0 Å². The predicted octanol–water partition coefficient (Wildman–Crippen LogP) is 3.49. The summed E-state index contributed by atoms with van der Waals surface area (Å²) in [6.45, 7) is 0. The highest BCUT2D eigenvalue weighted by atomic mass is 35.5. The van der Waals surface area contributed by atoms with Gasteiger partial charge in [-0.2, -0.15) is 0 Å². The summed E-state index contributed by atoms with van der Waals surface area (Å²) in [5, 5.41) is 2.64. The third-order valence-corrected chi connectivity index (χ3v) is 3.66. The minimum absolute atomic E-state index is 0.0764. The number of alkyl halides is 1. The van der Waals surface area contributed by atoms with Crippen molar-refractivity contribution >= 4 is 23.2 Å². The lowest BCUT2D eigenvalue weighted by Gasteiger charge is -2.18. The number of fused-ring (bicyclic) bond motifs is 1. The molecule has 2 aromatic rings. The number of aryl methyl sites for hydroxylation is 1. The number of nitrogens with one attached hydrogen (secondary N) is 1. The van der Waals surface area contributed by atoms with Gasteiger partial charge in [0.05, 0.1) is 17.9 Å². The van der Waals surface area contributed by atoms with Crippen molar-refractivity contribution in [3.8, 4) is 0 Å². The van der Waals surface area contributed by atoms with Crippen LogP contribution in [0, 0.1) is 0 Å². The fourth-order valence-electron chi connectivity index (χ4n) is 2.17. The van der Waals surface area contributed by atoms with E-state index in [1.54, 1.807) is 12.5 Å². The van der Waals surface area contributed by atoms with Gasteiger partial charge in [-0.05, 0) is 29.7 Å². The second-order valence-electron chi connectivity index (χ2n) is 4.38. The molecule has 1 aliphatic rings. The molecule has 2 heterocycles. The van der Waals surface area contributed by atoms with Crippen LogP contribution in [0.3, 0.4) is 0 Å². The van der Waals surface area contributed by atoms with Gasteiger partial charge in [-0.25, -0.2) is 0 Å². The van der Waals surface area contributed by atoms with Gasteiger partial charge in [-0.1, -0.05) is 12.1 Å². The maximum Gasteiger partial charge on any atom is 0.224 e. The molecular formula is C14H12ClNO2. The number of halogens is 1. The number of rotatable bonds is 2. The molecule has 4 heteroatoms. The Morgan fingerprint density at radius 2 is 2.11 bits per heavy atom. The number of anilines is 1. The van der Waals surface area contributed by atoms with Crippen LogP contribution in [-0.4, -0.2) is 5.91 Å². The standard InChI is InChI=1S/C14H12ClNO2/c15-14(11-5-6-18-8-11)10-1-3-12-9(7-10)2-4-13(17)16-12/h1,3,5-8,14H,2,4H2,(H,16,17). The first-order valence-corrected chi connectivity index (χ1v) is 6.26. The molecule has 1 aromatic heterocycles. The van der Waals surface area contributed by atoms with Crippen molar-refractivity contribution in [1.29, 1.82) is 0 Å². The van der Waals surface area contributed by atoms with Crippen LogP contribution in [0.1, 0.15) is 28.5 Å². The Morgan fingerprint density at radius 1 is 1.22 bits per heavy atom. The zero-order valence-corrected chi connectivity index (χ0v) is 10.4. The third-order valence-electron chi connectivity index (χ3n) is 3.15. The molecule has 1 amide bonds. The second-order valence-corrected chi connectivity index (χ2v) is 4.82. The molecule has 0 saturated carbocycles. The van der Waals surface area contributed by atoms with Gasteiger partial charge in [0.1, 0.15) is 0 Å². The van der Waals surface area contributed by atoms with Crippen molar-refractivity contribution in [3.05, 3.63) is 53.5 Å². The molecule has 0 spiro atoms. The molecule has 0 aliphatic carbocycles. The number of amides is 1. The van der Waals surface area contributed by atoms with E-state index in [4.69, 9.17) is 16.0 Å². The summed E-state index contributed by atoms with van der Waals surface area (Å²) in [5.41, 5.74) is 4.00. The Morgan fingerprint density at radius 3 is 2.89 bits per heavy atom. The minimum atomic E-state index is -0.216. The molecule has 1 unspecified atom stereocenters. The van der Waals surface area contributed by atoms with E-state index in [0.29, 0.717) is 6.42 Å². The summed E-state index contributed by atoms with van der Waals surface area (Å²) in [5.74, 6) is 0.0764. The largest absolute Gasteiger partial charge is 0.472 e. The number of hydrogen-bond donors (Lipinski definition) is 1. The maximum atomic E-state index is 11.3. The first-order chi connectivity index (χ1) is 8.74. The Balaban J connectivity index is 1.93. The summed E-state index contributed by atoms with van der Waals surface area (Å²) in [6.07, 6.45) is 4.57. The molecule has 18 heavy (non-hydrogen) atoms. The van der Waals surface area contributed by atoms with Gasteiger partial charge in [0.15, 0.2) is 0 Å². The SMILES string of the molecule is O=C1CCc2cc(C(Cl)c3ccoc3)ccc2N1. The van der Waals surface area contributed by atoms with E-state index in [-0.39, 0.29) is 11.3 Å². The Labute approximate surface area is 110 Å². The van der Waals surface area contributed by atoms with E-state index in [9.17, 15) is 4.79 Å². The normalized spacial score (nSPS) is 15.9. The van der Waals surface area contributed by atoms with Crippen molar-refractivity contribution < 1.29 is 9.21 Å².